The van der Waals surface area contributed by atoms with E-state index < -0.39 is 0 Å². The van der Waals surface area contributed by atoms with Gasteiger partial charge in [-0.15, -0.1) is 0 Å². The lowest BCUT2D eigenvalue weighted by Crippen LogP contribution is -2.03. The smallest absolute Gasteiger partial charge is 0.122 e. The first kappa shape index (κ1) is 14.1. The van der Waals surface area contributed by atoms with Gasteiger partial charge in [-0.3, -0.25) is 4.68 Å². The predicted molar refractivity (Wildman–Crippen MR) is 80.6 cm³/mol. The van der Waals surface area contributed by atoms with Crippen LogP contribution in [-0.4, -0.2) is 16.4 Å². The summed E-state index contributed by atoms with van der Waals surface area (Å²) in [6.07, 6.45) is 4.78. The Morgan fingerprint density at radius 2 is 2.16 bits per heavy atom. The number of nitrogens with zero attached hydrogens (tertiary/aromatic N) is 2. The fourth-order valence-corrected chi connectivity index (χ4v) is 2.36. The Kier molecular flexibility index (Phi) is 4.64. The lowest BCUT2D eigenvalue weighted by atomic mass is 10.0. The van der Waals surface area contributed by atoms with Crippen molar-refractivity contribution in [3.63, 3.8) is 0 Å². The first-order chi connectivity index (χ1) is 9.06. The minimum atomic E-state index is 0.450. The number of ether oxygens (including phenoxy) is 1. The van der Waals surface area contributed by atoms with Gasteiger partial charge in [0.1, 0.15) is 5.75 Å². The van der Waals surface area contributed by atoms with Crippen LogP contribution in [0, 0.1) is 0 Å². The van der Waals surface area contributed by atoms with E-state index >= 15 is 0 Å². The quantitative estimate of drug-likeness (QED) is 0.834. The van der Waals surface area contributed by atoms with Gasteiger partial charge >= 0.3 is 0 Å². The van der Waals surface area contributed by atoms with Crippen LogP contribution < -0.4 is 4.74 Å². The minimum absolute atomic E-state index is 0.450. The molecule has 2 rings (SSSR count). The van der Waals surface area contributed by atoms with Crippen LogP contribution in [0.2, 0.25) is 0 Å². The molecule has 0 aliphatic rings. The van der Waals surface area contributed by atoms with Gasteiger partial charge in [-0.05, 0) is 35.2 Å². The van der Waals surface area contributed by atoms with Gasteiger partial charge in [0, 0.05) is 24.1 Å². The van der Waals surface area contributed by atoms with Crippen LogP contribution in [0.15, 0.2) is 35.1 Å². The van der Waals surface area contributed by atoms with Gasteiger partial charge in [-0.1, -0.05) is 29.8 Å². The second-order valence-corrected chi connectivity index (χ2v) is 5.87. The number of benzene rings is 1. The van der Waals surface area contributed by atoms with Gasteiger partial charge in [0.2, 0.25) is 0 Å². The van der Waals surface area contributed by atoms with Crippen molar-refractivity contribution in [3.8, 4) is 5.75 Å². The molecule has 1 aromatic heterocycles. The molecule has 1 aromatic carbocycles. The van der Waals surface area contributed by atoms with Crippen molar-refractivity contribution in [2.24, 2.45) is 7.05 Å². The molecule has 102 valence electrons. The molecular weight excluding hydrogens is 304 g/mol. The average Bonchev–Trinajstić information content (AvgIpc) is 2.77. The zero-order valence-corrected chi connectivity index (χ0v) is 13.1. The van der Waals surface area contributed by atoms with Crippen molar-refractivity contribution in [1.29, 1.82) is 0 Å². The summed E-state index contributed by atoms with van der Waals surface area (Å²) in [4.78, 5) is 0. The van der Waals surface area contributed by atoms with E-state index in [2.05, 4.69) is 40.9 Å². The summed E-state index contributed by atoms with van der Waals surface area (Å²) in [6, 6.07) is 6.18. The van der Waals surface area contributed by atoms with Crippen molar-refractivity contribution in [1.82, 2.24) is 9.78 Å². The summed E-state index contributed by atoms with van der Waals surface area (Å²) in [7, 11) is 1.93. The first-order valence-corrected chi connectivity index (χ1v) is 7.25. The minimum Gasteiger partial charge on any atom is -0.493 e. The Bertz CT molecular complexity index is 549. The Morgan fingerprint density at radius 3 is 2.79 bits per heavy atom. The SMILES string of the molecule is CC(C)c1cc(Br)ccc1OCCc1cnn(C)c1. The number of hydrogen-bond donors (Lipinski definition) is 0. The number of halogens is 1. The molecule has 0 aliphatic heterocycles. The maximum atomic E-state index is 5.91. The third kappa shape index (κ3) is 3.83. The Balaban J connectivity index is 1.99. The second kappa shape index (κ2) is 6.24. The first-order valence-electron chi connectivity index (χ1n) is 6.46. The highest BCUT2D eigenvalue weighted by Crippen LogP contribution is 2.29. The number of hydrogen-bond acceptors (Lipinski definition) is 2. The van der Waals surface area contributed by atoms with Gasteiger partial charge in [-0.25, -0.2) is 0 Å². The molecule has 1 heterocycles. The van der Waals surface area contributed by atoms with Crippen LogP contribution in [0.3, 0.4) is 0 Å². The summed E-state index contributed by atoms with van der Waals surface area (Å²) in [5, 5.41) is 4.15. The molecule has 0 bridgehead atoms. The molecule has 0 radical (unpaired) electrons. The lowest BCUT2D eigenvalue weighted by molar-refractivity contribution is 0.317. The highest BCUT2D eigenvalue weighted by atomic mass is 79.9. The second-order valence-electron chi connectivity index (χ2n) is 4.96. The van der Waals surface area contributed by atoms with Crippen LogP contribution in [0.5, 0.6) is 5.75 Å². The van der Waals surface area contributed by atoms with E-state index in [1.807, 2.05) is 36.3 Å². The molecule has 2 aromatic rings. The molecule has 0 atom stereocenters. The van der Waals surface area contributed by atoms with E-state index in [1.54, 1.807) is 0 Å². The summed E-state index contributed by atoms with van der Waals surface area (Å²) in [5.74, 6) is 1.42. The molecule has 0 spiro atoms. The number of aryl methyl sites for hydroxylation is 1. The van der Waals surface area contributed by atoms with E-state index in [0.29, 0.717) is 12.5 Å². The van der Waals surface area contributed by atoms with Crippen LogP contribution in [0.1, 0.15) is 30.9 Å². The van der Waals surface area contributed by atoms with Gasteiger partial charge in [0.15, 0.2) is 0 Å². The van der Waals surface area contributed by atoms with E-state index in [0.717, 1.165) is 16.6 Å². The van der Waals surface area contributed by atoms with Crippen molar-refractivity contribution in [2.45, 2.75) is 26.2 Å². The average molecular weight is 323 g/mol. The normalized spacial score (nSPS) is 11.0. The molecule has 0 N–H and O–H groups in total. The summed E-state index contributed by atoms with van der Waals surface area (Å²) >= 11 is 3.51. The van der Waals surface area contributed by atoms with Crippen LogP contribution in [-0.2, 0) is 13.5 Å². The summed E-state index contributed by atoms with van der Waals surface area (Å²) < 4.78 is 8.82. The molecule has 3 nitrogen and oxygen atoms in total. The topological polar surface area (TPSA) is 27.1 Å². The molecule has 0 unspecified atom stereocenters. The zero-order chi connectivity index (χ0) is 13.8. The fourth-order valence-electron chi connectivity index (χ4n) is 1.98. The van der Waals surface area contributed by atoms with Crippen molar-refractivity contribution >= 4 is 15.9 Å². The van der Waals surface area contributed by atoms with E-state index in [9.17, 15) is 0 Å². The van der Waals surface area contributed by atoms with E-state index in [1.165, 1.54) is 11.1 Å². The third-order valence-electron chi connectivity index (χ3n) is 3.00. The van der Waals surface area contributed by atoms with E-state index in [-0.39, 0.29) is 0 Å². The van der Waals surface area contributed by atoms with Crippen LogP contribution in [0.25, 0.3) is 0 Å². The summed E-state index contributed by atoms with van der Waals surface area (Å²) in [6.45, 7) is 5.03. The molecule has 0 amide bonds. The Labute approximate surface area is 122 Å². The van der Waals surface area contributed by atoms with Gasteiger partial charge < -0.3 is 4.74 Å². The number of aromatic nitrogens is 2. The van der Waals surface area contributed by atoms with Crippen LogP contribution >= 0.6 is 15.9 Å². The predicted octanol–water partition coefficient (Wildman–Crippen LogP) is 3.93. The molecule has 19 heavy (non-hydrogen) atoms. The molecule has 0 saturated carbocycles. The standard InChI is InChI=1S/C15H19BrN2O/c1-11(2)14-8-13(16)4-5-15(14)19-7-6-12-9-17-18(3)10-12/h4-5,8-11H,6-7H2,1-3H3. The third-order valence-corrected chi connectivity index (χ3v) is 3.49. The number of rotatable bonds is 5. The highest BCUT2D eigenvalue weighted by Gasteiger charge is 2.08. The zero-order valence-electron chi connectivity index (χ0n) is 11.6. The maximum Gasteiger partial charge on any atom is 0.122 e. The van der Waals surface area contributed by atoms with Crippen molar-refractivity contribution in [3.05, 3.63) is 46.2 Å². The van der Waals surface area contributed by atoms with Crippen molar-refractivity contribution in [2.75, 3.05) is 6.61 Å². The monoisotopic (exact) mass is 322 g/mol. The fraction of sp³-hybridized carbons (Fsp3) is 0.400. The molecular formula is C15H19BrN2O. The molecule has 0 aliphatic carbocycles. The van der Waals surface area contributed by atoms with E-state index in [4.69, 9.17) is 4.74 Å². The van der Waals surface area contributed by atoms with Gasteiger partial charge in [-0.2, -0.15) is 5.10 Å². The highest BCUT2D eigenvalue weighted by molar-refractivity contribution is 9.10. The van der Waals surface area contributed by atoms with Crippen molar-refractivity contribution < 1.29 is 4.74 Å². The lowest BCUT2D eigenvalue weighted by Gasteiger charge is -2.14. The maximum absolute atomic E-state index is 5.91. The molecule has 4 heteroatoms. The molecule has 0 saturated heterocycles. The van der Waals surface area contributed by atoms with Gasteiger partial charge in [0.25, 0.3) is 0 Å². The summed E-state index contributed by atoms with van der Waals surface area (Å²) in [5.41, 5.74) is 2.44. The Morgan fingerprint density at radius 1 is 1.37 bits per heavy atom. The van der Waals surface area contributed by atoms with Crippen LogP contribution in [0.4, 0.5) is 0 Å². The molecule has 0 fully saturated rings. The Hall–Kier alpha value is -1.29. The van der Waals surface area contributed by atoms with Gasteiger partial charge in [0.05, 0.1) is 12.8 Å². The largest absolute Gasteiger partial charge is 0.493 e.